The predicted octanol–water partition coefficient (Wildman–Crippen LogP) is 6.19. The van der Waals surface area contributed by atoms with Gasteiger partial charge in [0, 0.05) is 29.2 Å². The van der Waals surface area contributed by atoms with E-state index in [0.717, 1.165) is 40.6 Å². The third kappa shape index (κ3) is 5.84. The smallest absolute Gasteiger partial charge is 0.339 e. The molecular weight excluding hydrogens is 467 g/mol. The maximum atomic E-state index is 13.7. The minimum Gasteiger partial charge on any atom is -0.494 e. The summed E-state index contributed by atoms with van der Waals surface area (Å²) in [5.41, 5.74) is -2.43. The van der Waals surface area contributed by atoms with E-state index in [1.54, 1.807) is 7.05 Å². The third-order valence-corrected chi connectivity index (χ3v) is 6.27. The molecule has 1 aromatic carbocycles. The van der Waals surface area contributed by atoms with Crippen LogP contribution in [0.25, 0.3) is 11.3 Å². The lowest BCUT2D eigenvalue weighted by Gasteiger charge is -2.19. The van der Waals surface area contributed by atoms with E-state index in [1.165, 1.54) is 25.5 Å². The first-order valence-corrected chi connectivity index (χ1v) is 11.8. The molecule has 33 heavy (non-hydrogen) atoms. The molecule has 3 aromatic rings. The number of rotatable bonds is 9. The number of ether oxygens (including phenoxy) is 1. The number of halogens is 2. The normalized spacial score (nSPS) is 11.6. The first kappa shape index (κ1) is 25.0. The fourth-order valence-corrected chi connectivity index (χ4v) is 4.69. The second-order valence-electron chi connectivity index (χ2n) is 7.91. The van der Waals surface area contributed by atoms with Gasteiger partial charge in [0.2, 0.25) is 0 Å². The van der Waals surface area contributed by atoms with E-state index in [1.807, 2.05) is 31.2 Å². The maximum absolute atomic E-state index is 13.7. The van der Waals surface area contributed by atoms with E-state index in [4.69, 9.17) is 9.72 Å². The quantitative estimate of drug-likeness (QED) is 0.358. The molecule has 3 rings (SSSR count). The molecule has 0 amide bonds. The molecule has 2 heterocycles. The summed E-state index contributed by atoms with van der Waals surface area (Å²) >= 11 is 1.42. The van der Waals surface area contributed by atoms with Gasteiger partial charge in [-0.2, -0.15) is 8.78 Å². The number of carbonyl (C=O) groups is 1. The second kappa shape index (κ2) is 10.1. The standard InChI is InChI=1S/C23H26F2N3O3PS/c1-5-31-16-8-6-7-14(10-16)19-18(9-13(2)3)33-22(27-19)28(4)20-17(21(29)30)11-15(12-26-20)23(24,25)32/h6-8,10-13H,5,9,32H2,1-4H3,(H,29,30). The Morgan fingerprint density at radius 2 is 2.06 bits per heavy atom. The van der Waals surface area contributed by atoms with Gasteiger partial charge in [0.25, 0.3) is 5.66 Å². The highest BCUT2D eigenvalue weighted by Gasteiger charge is 2.29. The van der Waals surface area contributed by atoms with Crippen LogP contribution in [-0.4, -0.2) is 34.7 Å². The van der Waals surface area contributed by atoms with Gasteiger partial charge >= 0.3 is 5.97 Å². The number of benzene rings is 1. The molecule has 0 aliphatic carbocycles. The van der Waals surface area contributed by atoms with Gasteiger partial charge in [-0.15, -0.1) is 11.3 Å². The van der Waals surface area contributed by atoms with E-state index >= 15 is 0 Å². The zero-order valence-electron chi connectivity index (χ0n) is 18.8. The van der Waals surface area contributed by atoms with E-state index in [0.29, 0.717) is 17.7 Å². The third-order valence-electron chi connectivity index (χ3n) is 4.78. The molecule has 0 saturated carbocycles. The number of aromatic carboxylic acids is 1. The summed E-state index contributed by atoms with van der Waals surface area (Å²) in [7, 11) is 3.03. The highest BCUT2D eigenvalue weighted by atomic mass is 32.1. The van der Waals surface area contributed by atoms with Crippen molar-refractivity contribution >= 4 is 37.5 Å². The van der Waals surface area contributed by atoms with Crippen molar-refractivity contribution in [3.8, 4) is 17.0 Å². The predicted molar refractivity (Wildman–Crippen MR) is 130 cm³/mol. The lowest BCUT2D eigenvalue weighted by atomic mass is 10.0. The monoisotopic (exact) mass is 493 g/mol. The minimum atomic E-state index is -3.28. The number of aromatic nitrogens is 2. The van der Waals surface area contributed by atoms with Crippen LogP contribution in [0.4, 0.5) is 19.7 Å². The van der Waals surface area contributed by atoms with Crippen molar-refractivity contribution in [2.75, 3.05) is 18.6 Å². The van der Waals surface area contributed by atoms with Crippen LogP contribution >= 0.6 is 20.6 Å². The summed E-state index contributed by atoms with van der Waals surface area (Å²) in [6, 6.07) is 8.59. The zero-order valence-corrected chi connectivity index (χ0v) is 20.8. The molecule has 176 valence electrons. The summed E-state index contributed by atoms with van der Waals surface area (Å²) in [6.45, 7) is 6.67. The molecule has 0 aliphatic rings. The molecule has 0 aliphatic heterocycles. The molecule has 0 bridgehead atoms. The number of pyridine rings is 1. The van der Waals surface area contributed by atoms with Gasteiger partial charge in [-0.3, -0.25) is 0 Å². The number of thiazole rings is 1. The Labute approximate surface area is 197 Å². The Balaban J connectivity index is 2.08. The second-order valence-corrected chi connectivity index (χ2v) is 9.70. The molecule has 1 N–H and O–H groups in total. The molecule has 2 aromatic heterocycles. The van der Waals surface area contributed by atoms with Crippen molar-refractivity contribution in [1.29, 1.82) is 0 Å². The van der Waals surface area contributed by atoms with Crippen molar-refractivity contribution in [2.45, 2.75) is 32.9 Å². The van der Waals surface area contributed by atoms with Crippen molar-refractivity contribution in [3.63, 3.8) is 0 Å². The maximum Gasteiger partial charge on any atom is 0.339 e. The highest BCUT2D eigenvalue weighted by Crippen LogP contribution is 2.40. The molecule has 0 fully saturated rings. The van der Waals surface area contributed by atoms with Crippen LogP contribution < -0.4 is 9.64 Å². The van der Waals surface area contributed by atoms with E-state index < -0.39 is 17.2 Å². The van der Waals surface area contributed by atoms with Crippen molar-refractivity contribution < 1.29 is 23.4 Å². The lowest BCUT2D eigenvalue weighted by molar-refractivity contribution is 0.0696. The number of carboxylic acid groups (broad SMARTS) is 1. The largest absolute Gasteiger partial charge is 0.494 e. The van der Waals surface area contributed by atoms with Gasteiger partial charge in [0.1, 0.15) is 17.1 Å². The zero-order chi connectivity index (χ0) is 24.3. The van der Waals surface area contributed by atoms with E-state index in [2.05, 4.69) is 18.8 Å². The molecule has 0 spiro atoms. The Bertz CT molecular complexity index is 1150. The van der Waals surface area contributed by atoms with Crippen LogP contribution in [-0.2, 0) is 12.1 Å². The van der Waals surface area contributed by atoms with E-state index in [9.17, 15) is 18.7 Å². The number of carboxylic acids is 1. The van der Waals surface area contributed by atoms with Crippen LogP contribution in [0.3, 0.4) is 0 Å². The highest BCUT2D eigenvalue weighted by molar-refractivity contribution is 7.17. The SMILES string of the molecule is CCOc1cccc(-c2nc(N(C)c3ncc(C(F)(F)P)cc3C(=O)O)sc2CC(C)C)c1. The summed E-state index contributed by atoms with van der Waals surface area (Å²) < 4.78 is 33.0. The molecule has 1 atom stereocenters. The topological polar surface area (TPSA) is 75.5 Å². The van der Waals surface area contributed by atoms with Crippen LogP contribution in [0, 0.1) is 5.92 Å². The van der Waals surface area contributed by atoms with Gasteiger partial charge in [-0.1, -0.05) is 35.2 Å². The fourth-order valence-electron chi connectivity index (χ4n) is 3.27. The van der Waals surface area contributed by atoms with E-state index in [-0.39, 0.29) is 11.4 Å². The first-order chi connectivity index (χ1) is 15.5. The first-order valence-electron chi connectivity index (χ1n) is 10.4. The van der Waals surface area contributed by atoms with Gasteiger partial charge in [-0.05, 0) is 37.5 Å². The number of alkyl halides is 2. The van der Waals surface area contributed by atoms with Crippen LogP contribution in [0.5, 0.6) is 5.75 Å². The molecule has 0 saturated heterocycles. The average molecular weight is 494 g/mol. The molecular formula is C23H26F2N3O3PS. The van der Waals surface area contributed by atoms with Gasteiger partial charge in [-0.25, -0.2) is 14.8 Å². The van der Waals surface area contributed by atoms with Gasteiger partial charge in [0.05, 0.1) is 12.3 Å². The Kier molecular flexibility index (Phi) is 7.65. The number of anilines is 2. The van der Waals surface area contributed by atoms with Crippen LogP contribution in [0.15, 0.2) is 36.5 Å². The van der Waals surface area contributed by atoms with Gasteiger partial charge in [0.15, 0.2) is 5.13 Å². The summed E-state index contributed by atoms with van der Waals surface area (Å²) in [4.78, 5) is 23.2. The van der Waals surface area contributed by atoms with Crippen LogP contribution in [0.2, 0.25) is 0 Å². The van der Waals surface area contributed by atoms with Crippen LogP contribution in [0.1, 0.15) is 41.6 Å². The minimum absolute atomic E-state index is 0.0416. The lowest BCUT2D eigenvalue weighted by Crippen LogP contribution is -2.17. The summed E-state index contributed by atoms with van der Waals surface area (Å²) in [6.07, 6.45) is 1.76. The number of hydrogen-bond acceptors (Lipinski definition) is 6. The summed E-state index contributed by atoms with van der Waals surface area (Å²) in [5.74, 6) is -0.199. The molecule has 0 radical (unpaired) electrons. The van der Waals surface area contributed by atoms with Crippen molar-refractivity contribution in [1.82, 2.24) is 9.97 Å². The Morgan fingerprint density at radius 3 is 2.67 bits per heavy atom. The van der Waals surface area contributed by atoms with Crippen molar-refractivity contribution in [2.24, 2.45) is 5.92 Å². The Hall–Kier alpha value is -2.64. The molecule has 6 nitrogen and oxygen atoms in total. The molecule has 1 unspecified atom stereocenters. The average Bonchev–Trinajstić information content (AvgIpc) is 3.15. The number of hydrogen-bond donors (Lipinski definition) is 1. The Morgan fingerprint density at radius 1 is 1.33 bits per heavy atom. The summed E-state index contributed by atoms with van der Waals surface area (Å²) in [5, 5.41) is 10.2. The molecule has 10 heteroatoms. The fraction of sp³-hybridized carbons (Fsp3) is 0.348. The number of nitrogens with zero attached hydrogens (tertiary/aromatic N) is 3. The van der Waals surface area contributed by atoms with Crippen molar-refractivity contribution in [3.05, 3.63) is 52.5 Å². The van der Waals surface area contributed by atoms with Gasteiger partial charge < -0.3 is 14.7 Å².